The molecule has 16 heavy (non-hydrogen) atoms. The third-order valence-corrected chi connectivity index (χ3v) is 2.74. The van der Waals surface area contributed by atoms with Crippen molar-refractivity contribution in [1.82, 2.24) is 9.88 Å². The van der Waals surface area contributed by atoms with Crippen molar-refractivity contribution in [3.8, 4) is 0 Å². The molecule has 1 saturated carbocycles. The van der Waals surface area contributed by atoms with Crippen molar-refractivity contribution < 1.29 is 4.79 Å². The lowest BCUT2D eigenvalue weighted by atomic mass is 10.3. The topological polar surface area (TPSA) is 71.2 Å². The summed E-state index contributed by atoms with van der Waals surface area (Å²) in [5.74, 6) is 5.24. The highest BCUT2D eigenvalue weighted by molar-refractivity contribution is 5.92. The van der Waals surface area contributed by atoms with Gasteiger partial charge in [0.1, 0.15) is 5.69 Å². The maximum atomic E-state index is 12.1. The molecule has 2 rings (SSSR count). The number of carbonyl (C=O) groups excluding carboxylic acids is 1. The van der Waals surface area contributed by atoms with E-state index < -0.39 is 0 Å². The maximum absolute atomic E-state index is 12.1. The monoisotopic (exact) mass is 220 g/mol. The molecule has 1 fully saturated rings. The van der Waals surface area contributed by atoms with Gasteiger partial charge in [0.2, 0.25) is 0 Å². The Balaban J connectivity index is 2.12. The van der Waals surface area contributed by atoms with E-state index in [9.17, 15) is 4.79 Å². The Kier molecular flexibility index (Phi) is 3.05. The summed E-state index contributed by atoms with van der Waals surface area (Å²) in [4.78, 5) is 18.0. The number of aromatic nitrogens is 1. The van der Waals surface area contributed by atoms with Crippen molar-refractivity contribution in [1.29, 1.82) is 0 Å². The number of anilines is 1. The fourth-order valence-electron chi connectivity index (χ4n) is 1.71. The number of nitrogens with one attached hydrogen (secondary N) is 1. The molecule has 1 aliphatic rings. The van der Waals surface area contributed by atoms with Gasteiger partial charge in [-0.1, -0.05) is 0 Å². The van der Waals surface area contributed by atoms with Gasteiger partial charge in [0.15, 0.2) is 0 Å². The highest BCUT2D eigenvalue weighted by Gasteiger charge is 2.32. The molecular formula is C11H16N4O. The Morgan fingerprint density at radius 2 is 2.38 bits per heavy atom. The summed E-state index contributed by atoms with van der Waals surface area (Å²) in [6, 6.07) is 3.87. The Morgan fingerprint density at radius 1 is 1.62 bits per heavy atom. The number of nitrogens with zero attached hydrogens (tertiary/aromatic N) is 2. The number of hydrogen-bond acceptors (Lipinski definition) is 4. The lowest BCUT2D eigenvalue weighted by Crippen LogP contribution is -2.33. The van der Waals surface area contributed by atoms with Crippen LogP contribution in [0.4, 0.5) is 5.69 Å². The predicted octanol–water partition coefficient (Wildman–Crippen LogP) is 0.992. The predicted molar refractivity (Wildman–Crippen MR) is 61.8 cm³/mol. The van der Waals surface area contributed by atoms with Crippen LogP contribution < -0.4 is 11.3 Å². The number of nitrogen functional groups attached to an aromatic ring is 1. The smallest absolute Gasteiger partial charge is 0.272 e. The average molecular weight is 220 g/mol. The number of amides is 1. The molecule has 0 atom stereocenters. The molecule has 0 bridgehead atoms. The minimum atomic E-state index is 0.00794. The molecule has 0 aromatic carbocycles. The summed E-state index contributed by atoms with van der Waals surface area (Å²) in [7, 11) is 0. The first-order valence-electron chi connectivity index (χ1n) is 5.50. The molecule has 1 aromatic rings. The van der Waals surface area contributed by atoms with E-state index in [0.717, 1.165) is 19.4 Å². The molecule has 0 unspecified atom stereocenters. The van der Waals surface area contributed by atoms with Crippen LogP contribution in [0.15, 0.2) is 18.3 Å². The lowest BCUT2D eigenvalue weighted by molar-refractivity contribution is 0.0746. The fraction of sp³-hybridized carbons (Fsp3) is 0.455. The van der Waals surface area contributed by atoms with Crippen LogP contribution in [0.2, 0.25) is 0 Å². The number of nitrogens with two attached hydrogens (primary N) is 1. The highest BCUT2D eigenvalue weighted by Crippen LogP contribution is 2.27. The number of carbonyl (C=O) groups is 1. The molecule has 1 heterocycles. The van der Waals surface area contributed by atoms with E-state index >= 15 is 0 Å². The lowest BCUT2D eigenvalue weighted by Gasteiger charge is -2.19. The summed E-state index contributed by atoms with van der Waals surface area (Å²) in [6.07, 6.45) is 3.79. The summed E-state index contributed by atoms with van der Waals surface area (Å²) in [5, 5.41) is 0. The molecule has 1 aromatic heterocycles. The summed E-state index contributed by atoms with van der Waals surface area (Å²) in [5.41, 5.74) is 3.66. The molecule has 0 saturated heterocycles. The van der Waals surface area contributed by atoms with Crippen LogP contribution >= 0.6 is 0 Å². The minimum Gasteiger partial charge on any atom is -0.335 e. The van der Waals surface area contributed by atoms with Crippen LogP contribution in [-0.4, -0.2) is 28.4 Å². The number of rotatable bonds is 4. The van der Waals surface area contributed by atoms with Crippen molar-refractivity contribution in [2.75, 3.05) is 12.0 Å². The third-order valence-electron chi connectivity index (χ3n) is 2.74. The van der Waals surface area contributed by atoms with Crippen LogP contribution in [0, 0.1) is 0 Å². The summed E-state index contributed by atoms with van der Waals surface area (Å²) in [6.45, 7) is 2.73. The van der Waals surface area contributed by atoms with Crippen molar-refractivity contribution in [3.63, 3.8) is 0 Å². The zero-order valence-corrected chi connectivity index (χ0v) is 9.31. The largest absolute Gasteiger partial charge is 0.335 e. The van der Waals surface area contributed by atoms with Gasteiger partial charge in [0, 0.05) is 12.6 Å². The van der Waals surface area contributed by atoms with Crippen LogP contribution in [0.3, 0.4) is 0 Å². The summed E-state index contributed by atoms with van der Waals surface area (Å²) >= 11 is 0. The van der Waals surface area contributed by atoms with Crippen molar-refractivity contribution in [2.24, 2.45) is 5.84 Å². The average Bonchev–Trinajstić information content (AvgIpc) is 3.14. The molecule has 86 valence electrons. The van der Waals surface area contributed by atoms with Crippen LogP contribution in [0.5, 0.6) is 0 Å². The van der Waals surface area contributed by atoms with Gasteiger partial charge >= 0.3 is 0 Å². The Hall–Kier alpha value is -1.62. The van der Waals surface area contributed by atoms with Crippen LogP contribution in [0.25, 0.3) is 0 Å². The zero-order valence-electron chi connectivity index (χ0n) is 9.31. The van der Waals surface area contributed by atoms with E-state index in [4.69, 9.17) is 5.84 Å². The Labute approximate surface area is 94.6 Å². The van der Waals surface area contributed by atoms with Crippen molar-refractivity contribution >= 4 is 11.6 Å². The second-order valence-corrected chi connectivity index (χ2v) is 3.90. The van der Waals surface area contributed by atoms with E-state index in [0.29, 0.717) is 17.4 Å². The van der Waals surface area contributed by atoms with Crippen molar-refractivity contribution in [3.05, 3.63) is 24.0 Å². The molecule has 5 heteroatoms. The molecule has 0 aliphatic heterocycles. The van der Waals surface area contributed by atoms with Gasteiger partial charge in [-0.2, -0.15) is 0 Å². The van der Waals surface area contributed by atoms with Gasteiger partial charge in [-0.25, -0.2) is 4.98 Å². The second-order valence-electron chi connectivity index (χ2n) is 3.90. The first-order valence-corrected chi connectivity index (χ1v) is 5.50. The molecule has 5 nitrogen and oxygen atoms in total. The molecule has 3 N–H and O–H groups in total. The first-order chi connectivity index (χ1) is 7.76. The van der Waals surface area contributed by atoms with E-state index in [1.807, 2.05) is 11.8 Å². The van der Waals surface area contributed by atoms with Gasteiger partial charge in [0.25, 0.3) is 5.91 Å². The summed E-state index contributed by atoms with van der Waals surface area (Å²) < 4.78 is 0. The Bertz CT molecular complexity index is 372. The fourth-order valence-corrected chi connectivity index (χ4v) is 1.71. The van der Waals surface area contributed by atoms with Crippen molar-refractivity contribution in [2.45, 2.75) is 25.8 Å². The van der Waals surface area contributed by atoms with E-state index in [-0.39, 0.29) is 5.91 Å². The van der Waals surface area contributed by atoms with Crippen LogP contribution in [0.1, 0.15) is 30.3 Å². The van der Waals surface area contributed by atoms with Gasteiger partial charge in [0.05, 0.1) is 11.9 Å². The number of pyridine rings is 1. The quantitative estimate of drug-likeness (QED) is 0.586. The third kappa shape index (κ3) is 2.14. The van der Waals surface area contributed by atoms with E-state index in [1.165, 1.54) is 0 Å². The molecule has 0 radical (unpaired) electrons. The standard InChI is InChI=1S/C11H16N4O/c1-2-15(9-4-5-9)11(16)10-6-3-8(14-12)7-13-10/h3,6-7,9,14H,2,4-5,12H2,1H3. The molecule has 1 aliphatic carbocycles. The van der Waals surface area contributed by atoms with Crippen LogP contribution in [-0.2, 0) is 0 Å². The normalized spacial score (nSPS) is 14.6. The molecule has 0 spiro atoms. The van der Waals surface area contributed by atoms with E-state index in [1.54, 1.807) is 18.3 Å². The highest BCUT2D eigenvalue weighted by atomic mass is 16.2. The van der Waals surface area contributed by atoms with Gasteiger partial charge in [-0.05, 0) is 31.9 Å². The molecular weight excluding hydrogens is 204 g/mol. The van der Waals surface area contributed by atoms with Gasteiger partial charge in [-0.15, -0.1) is 0 Å². The zero-order chi connectivity index (χ0) is 11.5. The first kappa shape index (κ1) is 10.9. The van der Waals surface area contributed by atoms with Gasteiger partial charge < -0.3 is 10.3 Å². The Morgan fingerprint density at radius 3 is 2.81 bits per heavy atom. The SMILES string of the molecule is CCN(C(=O)c1ccc(NN)cn1)C1CC1. The van der Waals surface area contributed by atoms with Gasteiger partial charge in [-0.3, -0.25) is 10.6 Å². The number of hydrogen-bond donors (Lipinski definition) is 2. The van der Waals surface area contributed by atoms with E-state index in [2.05, 4.69) is 10.4 Å². The maximum Gasteiger partial charge on any atom is 0.272 e. The molecule has 1 amide bonds. The minimum absolute atomic E-state index is 0.00794. The second kappa shape index (κ2) is 4.49. The number of hydrazine groups is 1.